The average Bonchev–Trinajstić information content (AvgIpc) is 2.25. The number of rotatable bonds is 6. The Morgan fingerprint density at radius 3 is 2.56 bits per heavy atom. The van der Waals surface area contributed by atoms with Gasteiger partial charge < -0.3 is 4.90 Å². The van der Waals surface area contributed by atoms with Crippen molar-refractivity contribution in [3.8, 4) is 0 Å². The maximum absolute atomic E-state index is 4.43. The predicted molar refractivity (Wildman–Crippen MR) is 73.7 cm³/mol. The molecule has 2 heteroatoms. The Labute approximate surface area is 100 Å². The summed E-state index contributed by atoms with van der Waals surface area (Å²) in [7, 11) is 2.03. The van der Waals surface area contributed by atoms with Gasteiger partial charge in [0.1, 0.15) is 0 Å². The molecule has 0 aromatic carbocycles. The van der Waals surface area contributed by atoms with E-state index in [2.05, 4.69) is 36.7 Å². The van der Waals surface area contributed by atoms with E-state index in [1.165, 1.54) is 0 Å². The summed E-state index contributed by atoms with van der Waals surface area (Å²) >= 11 is 0. The molecule has 16 heavy (non-hydrogen) atoms. The monoisotopic (exact) mass is 220 g/mol. The smallest absolute Gasteiger partial charge is 0.0912 e. The molecule has 0 aliphatic carbocycles. The minimum absolute atomic E-state index is 0.474. The third kappa shape index (κ3) is 7.04. The molecule has 0 heterocycles. The second-order valence-corrected chi connectivity index (χ2v) is 3.93. The van der Waals surface area contributed by atoms with Crippen LogP contribution in [0.4, 0.5) is 0 Å². The first-order valence-corrected chi connectivity index (χ1v) is 5.87. The molecule has 0 unspecified atom stereocenters. The van der Waals surface area contributed by atoms with Gasteiger partial charge in [0, 0.05) is 13.1 Å². The average molecular weight is 220 g/mol. The van der Waals surface area contributed by atoms with Gasteiger partial charge in [0.15, 0.2) is 0 Å². The number of aliphatic imine (C=N–C) groups is 1. The zero-order valence-corrected chi connectivity index (χ0v) is 11.1. The van der Waals surface area contributed by atoms with Crippen LogP contribution >= 0.6 is 0 Å². The van der Waals surface area contributed by atoms with Gasteiger partial charge in [0.05, 0.1) is 12.0 Å². The van der Waals surface area contributed by atoms with E-state index >= 15 is 0 Å². The second-order valence-electron chi connectivity index (χ2n) is 3.93. The van der Waals surface area contributed by atoms with Crippen LogP contribution in [-0.4, -0.2) is 24.3 Å². The van der Waals surface area contributed by atoms with Gasteiger partial charge in [-0.05, 0) is 39.3 Å². The molecule has 0 saturated carbocycles. The lowest BCUT2D eigenvalue weighted by molar-refractivity contribution is 0.429. The summed E-state index contributed by atoms with van der Waals surface area (Å²) in [6.45, 7) is 8.40. The van der Waals surface area contributed by atoms with E-state index in [0.717, 1.165) is 12.1 Å². The molecular formula is C14H24N2. The first-order valence-electron chi connectivity index (χ1n) is 5.87. The molecule has 0 fully saturated rings. The fraction of sp³-hybridized carbons (Fsp3) is 0.500. The zero-order chi connectivity index (χ0) is 12.4. The van der Waals surface area contributed by atoms with Gasteiger partial charge in [-0.25, -0.2) is 4.99 Å². The Bertz CT molecular complexity index is 283. The van der Waals surface area contributed by atoms with E-state index in [4.69, 9.17) is 0 Å². The number of nitrogens with zero attached hydrogens (tertiary/aromatic N) is 2. The fourth-order valence-electron chi connectivity index (χ4n) is 0.906. The maximum Gasteiger partial charge on any atom is 0.0912 e. The normalized spacial score (nSPS) is 13.8. The SMILES string of the molecule is C\C=C/C(=C\C=C\CC)N=CN(C)C(C)C. The van der Waals surface area contributed by atoms with Crippen LogP contribution in [0, 0.1) is 0 Å². The summed E-state index contributed by atoms with van der Waals surface area (Å²) in [6, 6.07) is 0.474. The molecule has 0 radical (unpaired) electrons. The third-order valence-corrected chi connectivity index (χ3v) is 2.18. The lowest BCUT2D eigenvalue weighted by atomic mass is 10.3. The predicted octanol–water partition coefficient (Wildman–Crippen LogP) is 3.78. The molecule has 0 aliphatic heterocycles. The molecule has 0 N–H and O–H groups in total. The van der Waals surface area contributed by atoms with Crippen LogP contribution < -0.4 is 0 Å². The first-order chi connectivity index (χ1) is 7.61. The zero-order valence-electron chi connectivity index (χ0n) is 11.1. The standard InChI is InChI=1S/C14H24N2/c1-6-8-9-11-14(10-7-2)15-12-16(5)13(3)4/h7-13H,6H2,1-5H3/b9-8+,10-7-,14-11+,15-12?. The highest BCUT2D eigenvalue weighted by atomic mass is 15.1. The van der Waals surface area contributed by atoms with Crippen molar-refractivity contribution in [2.45, 2.75) is 40.2 Å². The Morgan fingerprint density at radius 1 is 1.38 bits per heavy atom. The summed E-state index contributed by atoms with van der Waals surface area (Å²) in [5.74, 6) is 0. The van der Waals surface area contributed by atoms with Crippen LogP contribution in [0.15, 0.2) is 41.1 Å². The van der Waals surface area contributed by atoms with Gasteiger partial charge in [-0.3, -0.25) is 0 Å². The maximum atomic E-state index is 4.43. The quantitative estimate of drug-likeness (QED) is 0.378. The van der Waals surface area contributed by atoms with Crippen molar-refractivity contribution in [3.05, 3.63) is 36.1 Å². The van der Waals surface area contributed by atoms with Gasteiger partial charge >= 0.3 is 0 Å². The van der Waals surface area contributed by atoms with E-state index in [1.807, 2.05) is 44.6 Å². The molecular weight excluding hydrogens is 196 g/mol. The first kappa shape index (κ1) is 14.7. The second kappa shape index (κ2) is 8.96. The van der Waals surface area contributed by atoms with Gasteiger partial charge in [-0.1, -0.05) is 25.2 Å². The molecule has 0 atom stereocenters. The van der Waals surface area contributed by atoms with Crippen molar-refractivity contribution in [3.63, 3.8) is 0 Å². The Hall–Kier alpha value is -1.31. The molecule has 0 spiro atoms. The van der Waals surface area contributed by atoms with E-state index in [9.17, 15) is 0 Å². The lowest BCUT2D eigenvalue weighted by Gasteiger charge is -2.17. The van der Waals surface area contributed by atoms with E-state index in [0.29, 0.717) is 6.04 Å². The fourth-order valence-corrected chi connectivity index (χ4v) is 0.906. The van der Waals surface area contributed by atoms with Crippen molar-refractivity contribution in [2.75, 3.05) is 7.05 Å². The van der Waals surface area contributed by atoms with Crippen molar-refractivity contribution in [1.29, 1.82) is 0 Å². The minimum Gasteiger partial charge on any atom is -0.363 e. The summed E-state index contributed by atoms with van der Waals surface area (Å²) in [6.07, 6.45) is 13.1. The van der Waals surface area contributed by atoms with Crippen LogP contribution in [0.25, 0.3) is 0 Å². The van der Waals surface area contributed by atoms with Gasteiger partial charge in [0.25, 0.3) is 0 Å². The summed E-state index contributed by atoms with van der Waals surface area (Å²) in [5.41, 5.74) is 0.972. The highest BCUT2D eigenvalue weighted by Crippen LogP contribution is 2.01. The van der Waals surface area contributed by atoms with Crippen molar-refractivity contribution < 1.29 is 0 Å². The molecule has 0 aromatic heterocycles. The van der Waals surface area contributed by atoms with Crippen LogP contribution in [0.2, 0.25) is 0 Å². The lowest BCUT2D eigenvalue weighted by Crippen LogP contribution is -2.24. The Kier molecular flexibility index (Phi) is 8.22. The highest BCUT2D eigenvalue weighted by molar-refractivity contribution is 5.57. The summed E-state index contributed by atoms with van der Waals surface area (Å²) < 4.78 is 0. The van der Waals surface area contributed by atoms with Crippen LogP contribution in [0.5, 0.6) is 0 Å². The Morgan fingerprint density at radius 2 is 2.06 bits per heavy atom. The van der Waals surface area contributed by atoms with Crippen molar-refractivity contribution in [2.24, 2.45) is 4.99 Å². The van der Waals surface area contributed by atoms with E-state index < -0.39 is 0 Å². The van der Waals surface area contributed by atoms with Crippen LogP contribution in [0.1, 0.15) is 34.1 Å². The molecule has 2 nitrogen and oxygen atoms in total. The van der Waals surface area contributed by atoms with E-state index in [-0.39, 0.29) is 0 Å². The molecule has 0 rings (SSSR count). The van der Waals surface area contributed by atoms with Crippen LogP contribution in [0.3, 0.4) is 0 Å². The molecule has 0 aliphatic rings. The molecule has 0 amide bonds. The van der Waals surface area contributed by atoms with Gasteiger partial charge in [-0.2, -0.15) is 0 Å². The van der Waals surface area contributed by atoms with Crippen LogP contribution in [-0.2, 0) is 0 Å². The van der Waals surface area contributed by atoms with E-state index in [1.54, 1.807) is 0 Å². The van der Waals surface area contributed by atoms with Gasteiger partial charge in [-0.15, -0.1) is 0 Å². The van der Waals surface area contributed by atoms with Crippen molar-refractivity contribution in [1.82, 2.24) is 4.90 Å². The van der Waals surface area contributed by atoms with Crippen molar-refractivity contribution >= 4 is 6.34 Å². The third-order valence-electron chi connectivity index (χ3n) is 2.18. The Balaban J connectivity index is 4.56. The molecule has 90 valence electrons. The summed E-state index contributed by atoms with van der Waals surface area (Å²) in [4.78, 5) is 6.51. The summed E-state index contributed by atoms with van der Waals surface area (Å²) in [5, 5.41) is 0. The topological polar surface area (TPSA) is 15.6 Å². The van der Waals surface area contributed by atoms with Gasteiger partial charge in [0.2, 0.25) is 0 Å². The number of hydrogen-bond acceptors (Lipinski definition) is 1. The highest BCUT2D eigenvalue weighted by Gasteiger charge is 1.96. The molecule has 0 bridgehead atoms. The number of allylic oxidation sites excluding steroid dienone is 5. The number of hydrogen-bond donors (Lipinski definition) is 0. The minimum atomic E-state index is 0.474. The molecule has 0 saturated heterocycles. The molecule has 0 aromatic rings. The largest absolute Gasteiger partial charge is 0.363 e.